The molecule has 1 aliphatic rings. The Morgan fingerprint density at radius 2 is 1.24 bits per heavy atom. The molecule has 0 aromatic heterocycles. The van der Waals surface area contributed by atoms with Crippen molar-refractivity contribution < 1.29 is 30.0 Å². The van der Waals surface area contributed by atoms with Crippen molar-refractivity contribution in [2.75, 3.05) is 0 Å². The maximum absolute atomic E-state index is 9.77. The summed E-state index contributed by atoms with van der Waals surface area (Å²) in [4.78, 5) is 19.5. The van der Waals surface area contributed by atoms with Gasteiger partial charge in [0.1, 0.15) is 0 Å². The Balaban J connectivity index is 0.000000212. The Kier molecular flexibility index (Phi) is 6.12. The highest BCUT2D eigenvalue weighted by molar-refractivity contribution is 5.83. The van der Waals surface area contributed by atoms with E-state index in [0.717, 1.165) is 0 Å². The average Bonchev–Trinajstić information content (AvgIpc) is 2.71. The Hall–Kier alpha value is -2.64. The Bertz CT molecular complexity index is 517. The first-order valence-electron chi connectivity index (χ1n) is 5.93. The van der Waals surface area contributed by atoms with E-state index >= 15 is 0 Å². The maximum Gasteiger partial charge on any atom is 0.335 e. The summed E-state index contributed by atoms with van der Waals surface area (Å²) in [6, 6.07) is 8.29. The Morgan fingerprint density at radius 1 is 0.857 bits per heavy atom. The van der Waals surface area contributed by atoms with Gasteiger partial charge in [-0.2, -0.15) is 0 Å². The molecule has 0 fully saturated rings. The fourth-order valence-electron chi connectivity index (χ4n) is 1.42. The highest BCUT2D eigenvalue weighted by Crippen LogP contribution is 2.13. The van der Waals surface area contributed by atoms with Gasteiger partial charge >= 0.3 is 11.9 Å². The molecule has 1 aromatic carbocycles. The van der Waals surface area contributed by atoms with Crippen LogP contribution >= 0.6 is 0 Å². The van der Waals surface area contributed by atoms with E-state index in [0.29, 0.717) is 0 Å². The fraction of sp³-hybridized carbons (Fsp3) is 0.143. The zero-order valence-electron chi connectivity index (χ0n) is 10.9. The van der Waals surface area contributed by atoms with Crippen LogP contribution in [0.1, 0.15) is 11.1 Å². The number of fused-ring (bicyclic) bond motifs is 1. The molecule has 0 radical (unpaired) electrons. The fourth-order valence-corrected chi connectivity index (χ4v) is 1.42. The van der Waals surface area contributed by atoms with E-state index in [-0.39, 0.29) is 0 Å². The third-order valence-corrected chi connectivity index (χ3v) is 2.52. The van der Waals surface area contributed by atoms with Crippen molar-refractivity contribution in [2.24, 2.45) is 0 Å². The van der Waals surface area contributed by atoms with Crippen molar-refractivity contribution in [1.82, 2.24) is 5.32 Å². The molecule has 0 unspecified atom stereocenters. The van der Waals surface area contributed by atoms with Gasteiger partial charge in [0.2, 0.25) is 0 Å². The minimum atomic E-state index is -2.27. The highest BCUT2D eigenvalue weighted by Gasteiger charge is 2.29. The maximum atomic E-state index is 9.77. The normalized spacial score (nSPS) is 14.6. The van der Waals surface area contributed by atoms with Crippen LogP contribution in [0.4, 0.5) is 0 Å². The largest absolute Gasteiger partial charge is 0.479 e. The lowest BCUT2D eigenvalue weighted by Crippen LogP contribution is -2.39. The Morgan fingerprint density at radius 3 is 1.57 bits per heavy atom. The quantitative estimate of drug-likeness (QED) is 0.535. The molecule has 112 valence electrons. The van der Waals surface area contributed by atoms with Gasteiger partial charge in [0.15, 0.2) is 12.2 Å². The predicted molar refractivity (Wildman–Crippen MR) is 74.9 cm³/mol. The first-order chi connectivity index (χ1) is 9.93. The van der Waals surface area contributed by atoms with Crippen molar-refractivity contribution in [1.29, 1.82) is 0 Å². The number of carboxylic acids is 2. The van der Waals surface area contributed by atoms with Crippen molar-refractivity contribution in [3.63, 3.8) is 0 Å². The molecule has 2 atom stereocenters. The van der Waals surface area contributed by atoms with E-state index in [4.69, 9.17) is 20.4 Å². The third-order valence-electron chi connectivity index (χ3n) is 2.52. The standard InChI is InChI=1S/C10H9N.C4H6O6/c1-2-4-10-6-8-11-7-5-9(10)3-1;5-1(3(7)8)2(6)4(9)10/h1-8,11H;1-2,5-6H,(H,7,8)(H,9,10)/t;1-,2-/m.1/s1. The summed E-state index contributed by atoms with van der Waals surface area (Å²) in [6.45, 7) is 0. The van der Waals surface area contributed by atoms with Crippen LogP contribution in [0, 0.1) is 0 Å². The second-order valence-corrected chi connectivity index (χ2v) is 4.03. The molecule has 0 bridgehead atoms. The molecule has 5 N–H and O–H groups in total. The minimum Gasteiger partial charge on any atom is -0.479 e. The monoisotopic (exact) mass is 293 g/mol. The van der Waals surface area contributed by atoms with Crippen LogP contribution in [0.5, 0.6) is 0 Å². The van der Waals surface area contributed by atoms with Gasteiger partial charge < -0.3 is 25.7 Å². The van der Waals surface area contributed by atoms with Crippen molar-refractivity contribution in [2.45, 2.75) is 12.2 Å². The van der Waals surface area contributed by atoms with Gasteiger partial charge in [0.25, 0.3) is 0 Å². The lowest BCUT2D eigenvalue weighted by molar-refractivity contribution is -0.165. The molecule has 2 rings (SSSR count). The summed E-state index contributed by atoms with van der Waals surface area (Å²) >= 11 is 0. The number of aliphatic hydroxyl groups is 2. The van der Waals surface area contributed by atoms with Gasteiger partial charge in [-0.3, -0.25) is 0 Å². The number of carbonyl (C=O) groups is 2. The van der Waals surface area contributed by atoms with E-state index in [9.17, 15) is 9.59 Å². The van der Waals surface area contributed by atoms with Crippen LogP contribution in [0.2, 0.25) is 0 Å². The van der Waals surface area contributed by atoms with Crippen molar-refractivity contribution in [3.05, 3.63) is 47.8 Å². The van der Waals surface area contributed by atoms with Crippen LogP contribution < -0.4 is 5.32 Å². The van der Waals surface area contributed by atoms with Crippen LogP contribution in [0.3, 0.4) is 0 Å². The number of nitrogens with one attached hydrogen (secondary N) is 1. The van der Waals surface area contributed by atoms with Gasteiger partial charge in [-0.25, -0.2) is 9.59 Å². The molecule has 21 heavy (non-hydrogen) atoms. The number of hydrogen-bond donors (Lipinski definition) is 5. The van der Waals surface area contributed by atoms with Gasteiger partial charge in [-0.15, -0.1) is 0 Å². The topological polar surface area (TPSA) is 127 Å². The summed E-state index contributed by atoms with van der Waals surface area (Å²) in [5.74, 6) is -3.54. The molecule has 1 heterocycles. The number of benzene rings is 1. The summed E-state index contributed by atoms with van der Waals surface area (Å²) in [7, 11) is 0. The summed E-state index contributed by atoms with van der Waals surface area (Å²) in [5, 5.41) is 35.6. The van der Waals surface area contributed by atoms with E-state index < -0.39 is 24.1 Å². The van der Waals surface area contributed by atoms with E-state index in [1.54, 1.807) is 0 Å². The molecule has 1 aliphatic heterocycles. The molecule has 0 saturated heterocycles. The van der Waals surface area contributed by atoms with Gasteiger partial charge in [-0.05, 0) is 23.3 Å². The first-order valence-corrected chi connectivity index (χ1v) is 5.93. The van der Waals surface area contributed by atoms with Gasteiger partial charge in [-0.1, -0.05) is 24.3 Å². The number of rotatable bonds is 3. The molecule has 0 amide bonds. The molecule has 7 nitrogen and oxygen atoms in total. The number of hydrogen-bond acceptors (Lipinski definition) is 5. The van der Waals surface area contributed by atoms with Crippen LogP contribution in [0.25, 0.3) is 12.2 Å². The molecule has 7 heteroatoms. The first kappa shape index (κ1) is 16.4. The lowest BCUT2D eigenvalue weighted by atomic mass is 10.1. The summed E-state index contributed by atoms with van der Waals surface area (Å²) in [5.41, 5.74) is 2.52. The Labute approximate surface area is 120 Å². The molecule has 0 saturated carbocycles. The smallest absolute Gasteiger partial charge is 0.335 e. The number of aliphatic hydroxyl groups excluding tert-OH is 2. The summed E-state index contributed by atoms with van der Waals surface area (Å²) in [6.07, 6.45) is 3.46. The van der Waals surface area contributed by atoms with Crippen LogP contribution in [0.15, 0.2) is 36.7 Å². The van der Waals surface area contributed by atoms with E-state index in [1.165, 1.54) is 11.1 Å². The second kappa shape index (κ2) is 7.83. The highest BCUT2D eigenvalue weighted by atomic mass is 16.4. The molecular weight excluding hydrogens is 278 g/mol. The molecular formula is C14H15NO6. The number of carboxylic acid groups (broad SMARTS) is 2. The third kappa shape index (κ3) is 5.09. The number of aliphatic carboxylic acids is 2. The zero-order valence-corrected chi connectivity index (χ0v) is 10.9. The SMILES string of the molecule is C1=Cc2ccccc2C=CN1.O=C(O)[C@H](O)[C@@H](O)C(=O)O. The van der Waals surface area contributed by atoms with Crippen molar-refractivity contribution >= 4 is 24.1 Å². The van der Waals surface area contributed by atoms with Crippen LogP contribution in [-0.4, -0.2) is 44.6 Å². The van der Waals surface area contributed by atoms with Crippen LogP contribution in [-0.2, 0) is 9.59 Å². The lowest BCUT2D eigenvalue weighted by Gasteiger charge is -2.07. The molecule has 1 aromatic rings. The zero-order chi connectivity index (χ0) is 15.8. The predicted octanol–water partition coefficient (Wildman–Crippen LogP) is 0.109. The summed E-state index contributed by atoms with van der Waals surface area (Å²) < 4.78 is 0. The second-order valence-electron chi connectivity index (χ2n) is 4.03. The minimum absolute atomic E-state index is 1.26. The van der Waals surface area contributed by atoms with Crippen molar-refractivity contribution in [3.8, 4) is 0 Å². The van der Waals surface area contributed by atoms with Gasteiger partial charge in [0.05, 0.1) is 0 Å². The van der Waals surface area contributed by atoms with E-state index in [1.807, 2.05) is 24.5 Å². The van der Waals surface area contributed by atoms with E-state index in [2.05, 4.69) is 29.6 Å². The van der Waals surface area contributed by atoms with Gasteiger partial charge in [0, 0.05) is 12.4 Å². The molecule has 0 aliphatic carbocycles. The molecule has 0 spiro atoms. The average molecular weight is 293 g/mol.